The number of aromatic nitrogens is 4. The monoisotopic (exact) mass is 325 g/mol. The fraction of sp³-hybridized carbons (Fsp3) is 0.154. The third-order valence-electron chi connectivity index (χ3n) is 2.98. The van der Waals surface area contributed by atoms with Crippen LogP contribution in [0, 0.1) is 6.92 Å². The van der Waals surface area contributed by atoms with Gasteiger partial charge in [-0.25, -0.2) is 4.98 Å². The van der Waals surface area contributed by atoms with Gasteiger partial charge in [-0.15, -0.1) is 13.2 Å². The molecule has 0 aliphatic carbocycles. The number of benzene rings is 1. The molecule has 0 fully saturated rings. The molecule has 0 atom stereocenters. The van der Waals surface area contributed by atoms with Crippen molar-refractivity contribution < 1.29 is 17.9 Å². The first-order valence-corrected chi connectivity index (χ1v) is 6.35. The Hall–Kier alpha value is -3.04. The lowest BCUT2D eigenvalue weighted by atomic mass is 10.3. The fourth-order valence-electron chi connectivity index (χ4n) is 2.20. The maximum Gasteiger partial charge on any atom is 0.573 e. The number of rotatable bonds is 2. The summed E-state index contributed by atoms with van der Waals surface area (Å²) in [5, 5.41) is 0. The van der Waals surface area contributed by atoms with Crippen LogP contribution < -0.4 is 16.0 Å². The molecule has 0 spiro atoms. The van der Waals surface area contributed by atoms with Crippen LogP contribution in [0.3, 0.4) is 0 Å². The predicted molar refractivity (Wildman–Crippen MR) is 75.3 cm³/mol. The number of halogens is 3. The molecule has 0 amide bonds. The Labute approximate surface area is 126 Å². The normalized spacial score (nSPS) is 11.8. The summed E-state index contributed by atoms with van der Waals surface area (Å²) in [6, 6.07) is 5.06. The number of ether oxygens (including phenoxy) is 1. The van der Waals surface area contributed by atoms with Gasteiger partial charge in [-0.2, -0.15) is 4.98 Å². The number of nitrogens with one attached hydrogen (secondary N) is 1. The van der Waals surface area contributed by atoms with Gasteiger partial charge in [-0.05, 0) is 19.1 Å². The number of nitrogens with two attached hydrogens (primary N) is 1. The largest absolute Gasteiger partial charge is 0.573 e. The number of nitrogens with zero attached hydrogens (tertiary/aromatic N) is 3. The van der Waals surface area contributed by atoms with Crippen LogP contribution in [0.5, 0.6) is 5.75 Å². The number of hydrogen-bond acceptors (Lipinski definition) is 5. The van der Waals surface area contributed by atoms with Gasteiger partial charge in [0.2, 0.25) is 5.95 Å². The van der Waals surface area contributed by atoms with Gasteiger partial charge >= 0.3 is 6.36 Å². The Kier molecular flexibility index (Phi) is 3.24. The number of imidazole rings is 1. The van der Waals surface area contributed by atoms with Crippen LogP contribution in [0.25, 0.3) is 16.9 Å². The number of nitrogen functional groups attached to an aromatic ring is 1. The zero-order chi connectivity index (χ0) is 16.8. The lowest BCUT2D eigenvalue weighted by Gasteiger charge is -2.11. The van der Waals surface area contributed by atoms with Gasteiger partial charge < -0.3 is 15.5 Å². The van der Waals surface area contributed by atoms with Crippen LogP contribution in [0.15, 0.2) is 29.1 Å². The molecule has 1 aromatic carbocycles. The van der Waals surface area contributed by atoms with Crippen molar-refractivity contribution in [2.24, 2.45) is 0 Å². The van der Waals surface area contributed by atoms with Crippen molar-refractivity contribution >= 4 is 17.1 Å². The van der Waals surface area contributed by atoms with E-state index in [0.29, 0.717) is 5.82 Å². The molecule has 0 saturated carbocycles. The highest BCUT2D eigenvalue weighted by atomic mass is 19.4. The lowest BCUT2D eigenvalue weighted by Crippen LogP contribution is -2.17. The second-order valence-corrected chi connectivity index (χ2v) is 4.67. The van der Waals surface area contributed by atoms with Gasteiger partial charge in [0.25, 0.3) is 5.56 Å². The molecule has 0 aliphatic heterocycles. The Bertz CT molecular complexity index is 945. The summed E-state index contributed by atoms with van der Waals surface area (Å²) in [5.74, 6) is -0.165. The third kappa shape index (κ3) is 2.82. The predicted octanol–water partition coefficient (Wildman–Crippen LogP) is 1.90. The molecule has 2 aromatic heterocycles. The van der Waals surface area contributed by atoms with E-state index in [9.17, 15) is 18.0 Å². The highest BCUT2D eigenvalue weighted by molar-refractivity contribution is 5.76. The quantitative estimate of drug-likeness (QED) is 0.750. The molecular formula is C13H10F3N5O2. The van der Waals surface area contributed by atoms with Crippen LogP contribution >= 0.6 is 0 Å². The first-order valence-electron chi connectivity index (χ1n) is 6.35. The molecule has 3 rings (SSSR count). The van der Waals surface area contributed by atoms with Gasteiger partial charge in [0.1, 0.15) is 11.6 Å². The number of aromatic amines is 1. The van der Waals surface area contributed by atoms with Crippen molar-refractivity contribution in [2.75, 3.05) is 5.73 Å². The smallest absolute Gasteiger partial charge is 0.406 e. The maximum absolute atomic E-state index is 12.3. The molecule has 0 radical (unpaired) electrons. The van der Waals surface area contributed by atoms with Gasteiger partial charge in [0.05, 0.1) is 5.69 Å². The summed E-state index contributed by atoms with van der Waals surface area (Å²) in [4.78, 5) is 22.6. The molecule has 120 valence electrons. The van der Waals surface area contributed by atoms with Crippen molar-refractivity contribution in [1.82, 2.24) is 19.5 Å². The van der Waals surface area contributed by atoms with Crippen molar-refractivity contribution in [3.63, 3.8) is 0 Å². The van der Waals surface area contributed by atoms with Gasteiger partial charge in [-0.1, -0.05) is 6.07 Å². The Morgan fingerprint density at radius 3 is 2.74 bits per heavy atom. The summed E-state index contributed by atoms with van der Waals surface area (Å²) in [6.07, 6.45) is -4.82. The minimum absolute atomic E-state index is 0.0391. The van der Waals surface area contributed by atoms with Crippen LogP contribution in [0.1, 0.15) is 5.82 Å². The standard InChI is InChI=1S/C13H10F3N5O2/c1-6-18-10-9(11(22)19-6)21(12(17)20-10)7-3-2-4-8(5-7)23-13(14,15)16/h2-5H,1H3,(H3,17,18,19,20,22). The average molecular weight is 325 g/mol. The molecule has 0 bridgehead atoms. The molecule has 2 heterocycles. The molecular weight excluding hydrogens is 315 g/mol. The first-order chi connectivity index (χ1) is 10.7. The minimum Gasteiger partial charge on any atom is -0.406 e. The molecule has 7 nitrogen and oxygen atoms in total. The van der Waals surface area contributed by atoms with E-state index in [0.717, 1.165) is 12.1 Å². The zero-order valence-electron chi connectivity index (χ0n) is 11.7. The van der Waals surface area contributed by atoms with E-state index in [1.54, 1.807) is 6.92 Å². The SMILES string of the molecule is Cc1nc2nc(N)n(-c3cccc(OC(F)(F)F)c3)c2c(=O)[nH]1. The summed E-state index contributed by atoms with van der Waals surface area (Å²) >= 11 is 0. The fourth-order valence-corrected chi connectivity index (χ4v) is 2.20. The van der Waals surface area contributed by atoms with Crippen LogP contribution in [0.2, 0.25) is 0 Å². The van der Waals surface area contributed by atoms with Crippen molar-refractivity contribution in [2.45, 2.75) is 13.3 Å². The van der Waals surface area contributed by atoms with Gasteiger partial charge in [-0.3, -0.25) is 9.36 Å². The van der Waals surface area contributed by atoms with Crippen LogP contribution in [0.4, 0.5) is 19.1 Å². The number of alkyl halides is 3. The Morgan fingerprint density at radius 1 is 1.30 bits per heavy atom. The van der Waals surface area contributed by atoms with E-state index in [2.05, 4.69) is 19.7 Å². The number of anilines is 1. The average Bonchev–Trinajstić information content (AvgIpc) is 2.73. The molecule has 10 heteroatoms. The van der Waals surface area contributed by atoms with Crippen LogP contribution in [-0.2, 0) is 0 Å². The van der Waals surface area contributed by atoms with Crippen molar-refractivity contribution in [1.29, 1.82) is 0 Å². The summed E-state index contributed by atoms with van der Waals surface area (Å²) < 4.78 is 42.1. The third-order valence-corrected chi connectivity index (χ3v) is 2.98. The first kappa shape index (κ1) is 14.9. The number of hydrogen-bond donors (Lipinski definition) is 2. The maximum atomic E-state index is 12.3. The molecule has 23 heavy (non-hydrogen) atoms. The van der Waals surface area contributed by atoms with E-state index in [-0.39, 0.29) is 22.8 Å². The van der Waals surface area contributed by atoms with Crippen molar-refractivity contribution in [3.05, 3.63) is 40.4 Å². The second-order valence-electron chi connectivity index (χ2n) is 4.67. The van der Waals surface area contributed by atoms with E-state index < -0.39 is 17.7 Å². The van der Waals surface area contributed by atoms with Gasteiger partial charge in [0.15, 0.2) is 11.2 Å². The van der Waals surface area contributed by atoms with Crippen LogP contribution in [-0.4, -0.2) is 25.9 Å². The van der Waals surface area contributed by atoms with E-state index >= 15 is 0 Å². The number of fused-ring (bicyclic) bond motifs is 1. The molecule has 0 aliphatic rings. The number of H-pyrrole nitrogens is 1. The minimum atomic E-state index is -4.82. The Balaban J connectivity index is 2.20. The van der Waals surface area contributed by atoms with E-state index in [4.69, 9.17) is 5.73 Å². The molecule has 0 unspecified atom stereocenters. The van der Waals surface area contributed by atoms with E-state index in [1.807, 2.05) is 0 Å². The summed E-state index contributed by atoms with van der Waals surface area (Å²) in [7, 11) is 0. The van der Waals surface area contributed by atoms with Crippen molar-refractivity contribution in [3.8, 4) is 11.4 Å². The molecule has 3 N–H and O–H groups in total. The summed E-state index contributed by atoms with van der Waals surface area (Å²) in [6.45, 7) is 1.58. The molecule has 0 saturated heterocycles. The summed E-state index contributed by atoms with van der Waals surface area (Å²) in [5.41, 5.74) is 5.62. The molecule has 3 aromatic rings. The highest BCUT2D eigenvalue weighted by Gasteiger charge is 2.31. The second kappa shape index (κ2) is 5.00. The van der Waals surface area contributed by atoms with E-state index in [1.165, 1.54) is 16.7 Å². The topological polar surface area (TPSA) is 98.8 Å². The Morgan fingerprint density at radius 2 is 2.04 bits per heavy atom. The number of aryl methyl sites for hydroxylation is 1. The lowest BCUT2D eigenvalue weighted by molar-refractivity contribution is -0.274. The van der Waals surface area contributed by atoms with Gasteiger partial charge in [0, 0.05) is 6.07 Å². The highest BCUT2D eigenvalue weighted by Crippen LogP contribution is 2.26. The zero-order valence-corrected chi connectivity index (χ0v) is 11.7.